The molecule has 1 unspecified atom stereocenters. The molecule has 0 bridgehead atoms. The molecule has 158 valence electrons. The van der Waals surface area contributed by atoms with E-state index in [0.717, 1.165) is 0 Å². The summed E-state index contributed by atoms with van der Waals surface area (Å²) in [6.45, 7) is 1.50. The van der Waals surface area contributed by atoms with E-state index in [0.29, 0.717) is 60.3 Å². The van der Waals surface area contributed by atoms with Crippen LogP contribution in [-0.4, -0.2) is 42.5 Å². The van der Waals surface area contributed by atoms with Crippen LogP contribution in [0, 0.1) is 5.92 Å². The molecule has 2 aromatic rings. The van der Waals surface area contributed by atoms with Gasteiger partial charge in [-0.1, -0.05) is 11.8 Å². The van der Waals surface area contributed by atoms with Crippen molar-refractivity contribution in [2.45, 2.75) is 24.9 Å². The Labute approximate surface area is 178 Å². The van der Waals surface area contributed by atoms with Crippen molar-refractivity contribution in [2.24, 2.45) is 5.92 Å². The van der Waals surface area contributed by atoms with E-state index >= 15 is 0 Å². The first kappa shape index (κ1) is 20.6. The van der Waals surface area contributed by atoms with Gasteiger partial charge in [-0.25, -0.2) is 0 Å². The Hall–Kier alpha value is -2.62. The quantitative estimate of drug-likeness (QED) is 0.692. The van der Waals surface area contributed by atoms with Gasteiger partial charge in [0.05, 0.1) is 29.2 Å². The smallest absolute Gasteiger partial charge is 0.253 e. The highest BCUT2D eigenvalue weighted by Crippen LogP contribution is 2.38. The molecule has 9 heteroatoms. The number of methoxy groups -OCH3 is 1. The lowest BCUT2D eigenvalue weighted by atomic mass is 9.94. The third-order valence-corrected chi connectivity index (χ3v) is 6.07. The van der Waals surface area contributed by atoms with Crippen molar-refractivity contribution in [3.63, 3.8) is 0 Å². The number of thioether (sulfide) groups is 1. The van der Waals surface area contributed by atoms with E-state index in [1.54, 1.807) is 43.8 Å². The standard InChI is InChI=1S/C21H23N3O5S/c1-27-12-15-11-14(4-7-22-15)20(26)24-21-23-17(16-3-2-8-29-16)19(30-21)18(25)13-5-9-28-10-6-13/h2-4,7-8,11,13,21,23H,5-6,9-10,12H2,1H3,(H,24,26). The summed E-state index contributed by atoms with van der Waals surface area (Å²) in [5, 5.41) is 6.16. The number of nitrogens with zero attached hydrogens (tertiary/aromatic N) is 1. The summed E-state index contributed by atoms with van der Waals surface area (Å²) in [6.07, 6.45) is 4.53. The van der Waals surface area contributed by atoms with Crippen LogP contribution >= 0.6 is 11.8 Å². The molecule has 0 radical (unpaired) electrons. The molecular weight excluding hydrogens is 406 g/mol. The largest absolute Gasteiger partial charge is 0.463 e. The molecule has 30 heavy (non-hydrogen) atoms. The number of carbonyl (C=O) groups excluding carboxylic acids is 2. The SMILES string of the molecule is COCc1cc(C(=O)NC2NC(c3ccco3)=C(C(=O)C3CCOCC3)S2)ccn1. The summed E-state index contributed by atoms with van der Waals surface area (Å²) in [6, 6.07) is 6.90. The van der Waals surface area contributed by atoms with Crippen LogP contribution in [0.15, 0.2) is 46.0 Å². The van der Waals surface area contributed by atoms with Gasteiger partial charge in [0, 0.05) is 38.0 Å². The summed E-state index contributed by atoms with van der Waals surface area (Å²) in [7, 11) is 1.58. The molecule has 0 saturated carbocycles. The third kappa shape index (κ3) is 4.58. The predicted octanol–water partition coefficient (Wildman–Crippen LogP) is 2.54. The minimum absolute atomic E-state index is 0.0604. The topological polar surface area (TPSA) is 103 Å². The van der Waals surface area contributed by atoms with Gasteiger partial charge in [0.1, 0.15) is 0 Å². The Balaban J connectivity index is 1.50. The number of hydrogen-bond donors (Lipinski definition) is 2. The number of Topliss-reactive ketones (excluding diaryl/α,β-unsaturated/α-hetero) is 1. The van der Waals surface area contributed by atoms with Gasteiger partial charge in [-0.3, -0.25) is 14.6 Å². The summed E-state index contributed by atoms with van der Waals surface area (Å²) in [5.41, 5.74) is 1.27. The zero-order chi connectivity index (χ0) is 20.9. The van der Waals surface area contributed by atoms with Crippen LogP contribution in [0.25, 0.3) is 5.70 Å². The van der Waals surface area contributed by atoms with Crippen LogP contribution in [0.2, 0.25) is 0 Å². The first-order chi connectivity index (χ1) is 14.7. The number of nitrogens with one attached hydrogen (secondary N) is 2. The maximum Gasteiger partial charge on any atom is 0.253 e. The maximum atomic E-state index is 13.2. The first-order valence-corrected chi connectivity index (χ1v) is 10.6. The summed E-state index contributed by atoms with van der Waals surface area (Å²) in [4.78, 5) is 30.7. The molecule has 2 aromatic heterocycles. The molecule has 1 fully saturated rings. The molecular formula is C21H23N3O5S. The van der Waals surface area contributed by atoms with E-state index in [-0.39, 0.29) is 17.6 Å². The van der Waals surface area contributed by atoms with E-state index in [9.17, 15) is 9.59 Å². The van der Waals surface area contributed by atoms with E-state index in [1.807, 2.05) is 0 Å². The van der Waals surface area contributed by atoms with Gasteiger partial charge >= 0.3 is 0 Å². The molecule has 0 spiro atoms. The van der Waals surface area contributed by atoms with E-state index in [2.05, 4.69) is 15.6 Å². The number of pyridine rings is 1. The summed E-state index contributed by atoms with van der Waals surface area (Å²) in [5.74, 6) is 0.281. The number of aromatic nitrogens is 1. The fraction of sp³-hybridized carbons (Fsp3) is 0.381. The maximum absolute atomic E-state index is 13.2. The molecule has 4 heterocycles. The van der Waals surface area contributed by atoms with Gasteiger partial charge in [-0.15, -0.1) is 0 Å². The number of furan rings is 1. The molecule has 4 rings (SSSR count). The number of carbonyl (C=O) groups is 2. The molecule has 1 atom stereocenters. The molecule has 1 saturated heterocycles. The molecule has 0 aliphatic carbocycles. The van der Waals surface area contributed by atoms with Gasteiger partial charge in [-0.05, 0) is 37.1 Å². The summed E-state index contributed by atoms with van der Waals surface area (Å²) < 4.78 is 16.0. The van der Waals surface area contributed by atoms with Crippen molar-refractivity contribution in [3.8, 4) is 0 Å². The lowest BCUT2D eigenvalue weighted by Gasteiger charge is -2.21. The minimum Gasteiger partial charge on any atom is -0.463 e. The zero-order valence-corrected chi connectivity index (χ0v) is 17.4. The minimum atomic E-state index is -0.490. The average Bonchev–Trinajstić information content (AvgIpc) is 3.44. The van der Waals surface area contributed by atoms with Crippen LogP contribution in [0.4, 0.5) is 0 Å². The van der Waals surface area contributed by atoms with Crippen LogP contribution in [-0.2, 0) is 20.9 Å². The van der Waals surface area contributed by atoms with E-state index in [1.165, 1.54) is 11.8 Å². The number of ether oxygens (including phenoxy) is 2. The Kier molecular flexibility index (Phi) is 6.51. The fourth-order valence-electron chi connectivity index (χ4n) is 3.45. The van der Waals surface area contributed by atoms with Crippen LogP contribution in [0.3, 0.4) is 0 Å². The fourth-order valence-corrected chi connectivity index (χ4v) is 4.59. The van der Waals surface area contributed by atoms with Crippen molar-refractivity contribution in [1.29, 1.82) is 0 Å². The monoisotopic (exact) mass is 429 g/mol. The number of allylic oxidation sites excluding steroid dienone is 1. The Bertz CT molecular complexity index is 938. The first-order valence-electron chi connectivity index (χ1n) is 9.73. The van der Waals surface area contributed by atoms with Gasteiger partial charge < -0.3 is 24.5 Å². The highest BCUT2D eigenvalue weighted by atomic mass is 32.2. The second-order valence-electron chi connectivity index (χ2n) is 7.02. The van der Waals surface area contributed by atoms with Crippen molar-refractivity contribution >= 4 is 29.1 Å². The molecule has 1 amide bonds. The second-order valence-corrected chi connectivity index (χ2v) is 8.13. The number of ketones is 1. The van der Waals surface area contributed by atoms with Crippen molar-refractivity contribution < 1.29 is 23.5 Å². The lowest BCUT2D eigenvalue weighted by molar-refractivity contribution is -0.121. The van der Waals surface area contributed by atoms with Crippen LogP contribution in [0.5, 0.6) is 0 Å². The van der Waals surface area contributed by atoms with Crippen molar-refractivity contribution in [3.05, 3.63) is 58.6 Å². The molecule has 0 aromatic carbocycles. The van der Waals surface area contributed by atoms with E-state index < -0.39 is 5.50 Å². The number of rotatable bonds is 7. The number of amides is 1. The Morgan fingerprint density at radius 3 is 2.90 bits per heavy atom. The van der Waals surface area contributed by atoms with Crippen LogP contribution in [0.1, 0.15) is 34.7 Å². The van der Waals surface area contributed by atoms with Crippen LogP contribution < -0.4 is 10.6 Å². The molecule has 8 nitrogen and oxygen atoms in total. The van der Waals surface area contributed by atoms with Gasteiger partial charge in [-0.2, -0.15) is 0 Å². The zero-order valence-electron chi connectivity index (χ0n) is 16.6. The molecule has 2 aliphatic rings. The van der Waals surface area contributed by atoms with Gasteiger partial charge in [0.2, 0.25) is 0 Å². The Morgan fingerprint density at radius 2 is 2.17 bits per heavy atom. The van der Waals surface area contributed by atoms with E-state index in [4.69, 9.17) is 13.9 Å². The predicted molar refractivity (Wildman–Crippen MR) is 111 cm³/mol. The third-order valence-electron chi connectivity index (χ3n) is 4.95. The van der Waals surface area contributed by atoms with Gasteiger partial charge in [0.15, 0.2) is 17.0 Å². The average molecular weight is 429 g/mol. The molecule has 2 N–H and O–H groups in total. The highest BCUT2D eigenvalue weighted by molar-refractivity contribution is 8.05. The lowest BCUT2D eigenvalue weighted by Crippen LogP contribution is -2.39. The Morgan fingerprint density at radius 1 is 1.33 bits per heavy atom. The van der Waals surface area contributed by atoms with Crippen molar-refractivity contribution in [1.82, 2.24) is 15.6 Å². The van der Waals surface area contributed by atoms with Gasteiger partial charge in [0.25, 0.3) is 5.91 Å². The van der Waals surface area contributed by atoms with Crippen molar-refractivity contribution in [2.75, 3.05) is 20.3 Å². The number of hydrogen-bond acceptors (Lipinski definition) is 8. The normalized spacial score (nSPS) is 19.6. The second kappa shape index (κ2) is 9.46. The highest BCUT2D eigenvalue weighted by Gasteiger charge is 2.35. The molecule has 2 aliphatic heterocycles. The summed E-state index contributed by atoms with van der Waals surface area (Å²) >= 11 is 1.30.